The van der Waals surface area contributed by atoms with Crippen molar-refractivity contribution in [1.82, 2.24) is 0 Å². The van der Waals surface area contributed by atoms with Gasteiger partial charge in [-0.2, -0.15) is 5.26 Å². The summed E-state index contributed by atoms with van der Waals surface area (Å²) in [6.45, 7) is 4.24. The smallest absolute Gasteiger partial charge is 0.266 e. The number of amides is 1. The van der Waals surface area contributed by atoms with Crippen LogP contribution in [0, 0.1) is 25.2 Å². The van der Waals surface area contributed by atoms with E-state index >= 15 is 0 Å². The van der Waals surface area contributed by atoms with Gasteiger partial charge in [0, 0.05) is 21.8 Å². The average molecular weight is 467 g/mol. The number of nitriles is 1. The lowest BCUT2D eigenvalue weighted by molar-refractivity contribution is -0.112. The molecule has 0 radical (unpaired) electrons. The van der Waals surface area contributed by atoms with Crippen LogP contribution < -0.4 is 10.1 Å². The number of rotatable bonds is 6. The van der Waals surface area contributed by atoms with Gasteiger partial charge < -0.3 is 10.1 Å². The molecule has 4 nitrogen and oxygen atoms in total. The third kappa shape index (κ3) is 5.11. The highest BCUT2D eigenvalue weighted by Gasteiger charge is 2.14. The number of nitrogens with zero attached hydrogens (tertiary/aromatic N) is 1. The van der Waals surface area contributed by atoms with Crippen LogP contribution in [0.4, 0.5) is 5.69 Å². The molecule has 34 heavy (non-hydrogen) atoms. The largest absolute Gasteiger partial charge is 0.488 e. The highest BCUT2D eigenvalue weighted by molar-refractivity contribution is 6.31. The van der Waals surface area contributed by atoms with Gasteiger partial charge in [-0.1, -0.05) is 66.2 Å². The molecule has 0 heterocycles. The van der Waals surface area contributed by atoms with E-state index < -0.39 is 5.91 Å². The minimum Gasteiger partial charge on any atom is -0.488 e. The first-order valence-electron chi connectivity index (χ1n) is 10.8. The number of ether oxygens (including phenoxy) is 1. The molecule has 5 heteroatoms. The van der Waals surface area contributed by atoms with Gasteiger partial charge in [0.05, 0.1) is 0 Å². The van der Waals surface area contributed by atoms with Gasteiger partial charge in [-0.3, -0.25) is 4.79 Å². The molecule has 0 bridgehead atoms. The zero-order valence-corrected chi connectivity index (χ0v) is 19.7. The molecule has 0 saturated heterocycles. The summed E-state index contributed by atoms with van der Waals surface area (Å²) in [4.78, 5) is 13.0. The summed E-state index contributed by atoms with van der Waals surface area (Å²) in [5.74, 6) is 0.0843. The Balaban J connectivity index is 1.70. The third-order valence-corrected chi connectivity index (χ3v) is 6.06. The molecule has 0 aliphatic heterocycles. The summed E-state index contributed by atoms with van der Waals surface area (Å²) in [5, 5.41) is 15.1. The van der Waals surface area contributed by atoms with Gasteiger partial charge in [-0.15, -0.1) is 0 Å². The number of aryl methyl sites for hydroxylation is 2. The van der Waals surface area contributed by atoms with Crippen LogP contribution in [-0.4, -0.2) is 5.91 Å². The highest BCUT2D eigenvalue weighted by Crippen LogP contribution is 2.31. The van der Waals surface area contributed by atoms with E-state index in [0.717, 1.165) is 27.5 Å². The zero-order chi connectivity index (χ0) is 24.1. The molecule has 0 spiro atoms. The Morgan fingerprint density at radius 1 is 1.00 bits per heavy atom. The Kier molecular flexibility index (Phi) is 6.96. The molecule has 1 amide bonds. The van der Waals surface area contributed by atoms with E-state index in [2.05, 4.69) is 5.32 Å². The fourth-order valence-corrected chi connectivity index (χ4v) is 3.82. The fraction of sp³-hybridized carbons (Fsp3) is 0.103. The summed E-state index contributed by atoms with van der Waals surface area (Å²) >= 11 is 6.28. The van der Waals surface area contributed by atoms with Gasteiger partial charge in [0.25, 0.3) is 5.91 Å². The lowest BCUT2D eigenvalue weighted by atomic mass is 10.0. The van der Waals surface area contributed by atoms with Crippen molar-refractivity contribution in [3.8, 4) is 11.8 Å². The number of nitrogens with one attached hydrogen (secondary N) is 1. The van der Waals surface area contributed by atoms with Crippen molar-refractivity contribution in [2.75, 3.05) is 5.32 Å². The molecule has 4 aromatic carbocycles. The monoisotopic (exact) mass is 466 g/mol. The molecule has 4 rings (SSSR count). The number of halogens is 1. The molecule has 1 N–H and O–H groups in total. The van der Waals surface area contributed by atoms with Crippen LogP contribution in [0.2, 0.25) is 5.02 Å². The second-order valence-corrected chi connectivity index (χ2v) is 8.41. The first-order valence-corrected chi connectivity index (χ1v) is 11.2. The van der Waals surface area contributed by atoms with E-state index in [1.54, 1.807) is 6.08 Å². The normalized spacial score (nSPS) is 11.2. The fourth-order valence-electron chi connectivity index (χ4n) is 3.63. The number of benzene rings is 4. The standard InChI is InChI=1S/C29H23ClN2O2/c1-19-11-13-24(15-20(19)2)32-29(33)23(17-31)16-26-25-9-5-3-7-21(25)12-14-28(26)34-18-22-8-4-6-10-27(22)30/h3-16H,18H2,1-2H3,(H,32,33)/b23-16+. The van der Waals surface area contributed by atoms with Crippen molar-refractivity contribution >= 4 is 40.0 Å². The number of carbonyl (C=O) groups is 1. The molecule has 0 fully saturated rings. The van der Waals surface area contributed by atoms with Gasteiger partial charge in [0.1, 0.15) is 24.0 Å². The Hall–Kier alpha value is -4.07. The van der Waals surface area contributed by atoms with Gasteiger partial charge >= 0.3 is 0 Å². The van der Waals surface area contributed by atoms with Crippen LogP contribution in [0.3, 0.4) is 0 Å². The van der Waals surface area contributed by atoms with Gasteiger partial charge in [0.2, 0.25) is 0 Å². The lowest BCUT2D eigenvalue weighted by Gasteiger charge is -2.13. The second kappa shape index (κ2) is 10.2. The maximum Gasteiger partial charge on any atom is 0.266 e. The van der Waals surface area contributed by atoms with Crippen molar-refractivity contribution in [3.05, 3.63) is 112 Å². The number of anilines is 1. The molecular weight excluding hydrogens is 444 g/mol. The Morgan fingerprint density at radius 2 is 1.76 bits per heavy atom. The minimum absolute atomic E-state index is 0.0165. The Labute approximate surface area is 204 Å². The molecule has 168 valence electrons. The van der Waals surface area contributed by atoms with Crippen LogP contribution in [0.5, 0.6) is 5.75 Å². The maximum absolute atomic E-state index is 13.0. The average Bonchev–Trinajstić information content (AvgIpc) is 2.84. The summed E-state index contributed by atoms with van der Waals surface area (Å²) in [6.07, 6.45) is 1.58. The summed E-state index contributed by atoms with van der Waals surface area (Å²) in [7, 11) is 0. The first kappa shape index (κ1) is 23.1. The lowest BCUT2D eigenvalue weighted by Crippen LogP contribution is -2.13. The first-order chi connectivity index (χ1) is 16.5. The predicted molar refractivity (Wildman–Crippen MR) is 138 cm³/mol. The van der Waals surface area contributed by atoms with Crippen LogP contribution in [0.1, 0.15) is 22.3 Å². The third-order valence-electron chi connectivity index (χ3n) is 5.69. The van der Waals surface area contributed by atoms with E-state index in [1.807, 2.05) is 98.8 Å². The van der Waals surface area contributed by atoms with Crippen LogP contribution in [-0.2, 0) is 11.4 Å². The number of carbonyl (C=O) groups excluding carboxylic acids is 1. The number of hydrogen-bond donors (Lipinski definition) is 1. The maximum atomic E-state index is 13.0. The summed E-state index contributed by atoms with van der Waals surface area (Å²) < 4.78 is 6.11. The molecule has 0 saturated carbocycles. The Bertz CT molecular complexity index is 1450. The van der Waals surface area contributed by atoms with E-state index in [0.29, 0.717) is 22.0 Å². The molecule has 0 aliphatic carbocycles. The van der Waals surface area contributed by atoms with E-state index in [9.17, 15) is 10.1 Å². The topological polar surface area (TPSA) is 62.1 Å². The Morgan fingerprint density at radius 3 is 2.53 bits per heavy atom. The predicted octanol–water partition coefficient (Wildman–Crippen LogP) is 7.23. The molecule has 0 atom stereocenters. The van der Waals surface area contributed by atoms with E-state index in [1.165, 1.54) is 0 Å². The zero-order valence-electron chi connectivity index (χ0n) is 18.9. The van der Waals surface area contributed by atoms with Crippen molar-refractivity contribution in [3.63, 3.8) is 0 Å². The van der Waals surface area contributed by atoms with E-state index in [4.69, 9.17) is 16.3 Å². The molecule has 0 aromatic heterocycles. The van der Waals surface area contributed by atoms with Gasteiger partial charge in [-0.25, -0.2) is 0 Å². The van der Waals surface area contributed by atoms with Gasteiger partial charge in [-0.05, 0) is 66.1 Å². The van der Waals surface area contributed by atoms with Gasteiger partial charge in [0.15, 0.2) is 0 Å². The quantitative estimate of drug-likeness (QED) is 0.241. The second-order valence-electron chi connectivity index (χ2n) is 8.00. The van der Waals surface area contributed by atoms with Crippen LogP contribution in [0.15, 0.2) is 84.4 Å². The molecule has 0 aliphatic rings. The molecule has 4 aromatic rings. The highest BCUT2D eigenvalue weighted by atomic mass is 35.5. The van der Waals surface area contributed by atoms with Crippen LogP contribution >= 0.6 is 11.6 Å². The van der Waals surface area contributed by atoms with Crippen molar-refractivity contribution < 1.29 is 9.53 Å². The number of hydrogen-bond acceptors (Lipinski definition) is 3. The minimum atomic E-state index is -0.476. The summed E-state index contributed by atoms with van der Waals surface area (Å²) in [6, 6.07) is 26.7. The van der Waals surface area contributed by atoms with Crippen molar-refractivity contribution in [1.29, 1.82) is 5.26 Å². The molecule has 0 unspecified atom stereocenters. The number of fused-ring (bicyclic) bond motifs is 1. The van der Waals surface area contributed by atoms with Crippen molar-refractivity contribution in [2.45, 2.75) is 20.5 Å². The van der Waals surface area contributed by atoms with Crippen LogP contribution in [0.25, 0.3) is 16.8 Å². The molecular formula is C29H23ClN2O2. The SMILES string of the molecule is Cc1ccc(NC(=O)/C(C#N)=C/c2c(OCc3ccccc3Cl)ccc3ccccc23)cc1C. The van der Waals surface area contributed by atoms with E-state index in [-0.39, 0.29) is 12.2 Å². The van der Waals surface area contributed by atoms with Crippen molar-refractivity contribution in [2.24, 2.45) is 0 Å². The summed E-state index contributed by atoms with van der Waals surface area (Å²) in [5.41, 5.74) is 4.33.